The highest BCUT2D eigenvalue weighted by Gasteiger charge is 2.22. The molecule has 0 atom stereocenters. The summed E-state index contributed by atoms with van der Waals surface area (Å²) in [5.74, 6) is 1.86. The molecule has 0 aromatic heterocycles. The largest absolute Gasteiger partial charge is 0.488 e. The summed E-state index contributed by atoms with van der Waals surface area (Å²) >= 11 is 0. The SMILES string of the molecule is CCc1cc(C2=c3cc4c(cc3OC2)=C(c2ccccc2)CO4)cc(C)c1N. The minimum absolute atomic E-state index is 0.575. The van der Waals surface area contributed by atoms with Crippen LogP contribution in [0.15, 0.2) is 54.6 Å². The minimum Gasteiger partial charge on any atom is -0.488 e. The second-order valence-electron chi connectivity index (χ2n) is 7.46. The first-order valence-corrected chi connectivity index (χ1v) is 9.76. The van der Waals surface area contributed by atoms with Crippen LogP contribution in [-0.2, 0) is 6.42 Å². The van der Waals surface area contributed by atoms with Crippen LogP contribution in [0.1, 0.15) is 29.2 Å². The van der Waals surface area contributed by atoms with Gasteiger partial charge in [0.1, 0.15) is 24.7 Å². The molecule has 0 fully saturated rings. The van der Waals surface area contributed by atoms with Gasteiger partial charge in [0.15, 0.2) is 0 Å². The molecule has 3 heteroatoms. The number of hydrogen-bond donors (Lipinski definition) is 1. The van der Waals surface area contributed by atoms with E-state index in [2.05, 4.69) is 62.4 Å². The molecule has 0 spiro atoms. The van der Waals surface area contributed by atoms with Crippen LogP contribution in [0.25, 0.3) is 11.1 Å². The van der Waals surface area contributed by atoms with Gasteiger partial charge < -0.3 is 15.2 Å². The van der Waals surface area contributed by atoms with Crippen LogP contribution in [-0.4, -0.2) is 13.2 Å². The molecule has 0 saturated heterocycles. The van der Waals surface area contributed by atoms with Crippen LogP contribution in [0.4, 0.5) is 5.69 Å². The molecular formula is C25H23NO2. The van der Waals surface area contributed by atoms with Gasteiger partial charge in [-0.15, -0.1) is 0 Å². The van der Waals surface area contributed by atoms with E-state index >= 15 is 0 Å². The van der Waals surface area contributed by atoms with Gasteiger partial charge in [-0.2, -0.15) is 0 Å². The van der Waals surface area contributed by atoms with Crippen molar-refractivity contribution in [1.82, 2.24) is 0 Å². The highest BCUT2D eigenvalue weighted by Crippen LogP contribution is 2.28. The Kier molecular flexibility index (Phi) is 3.90. The van der Waals surface area contributed by atoms with Crippen molar-refractivity contribution in [1.29, 1.82) is 0 Å². The van der Waals surface area contributed by atoms with Gasteiger partial charge in [0.2, 0.25) is 0 Å². The number of nitrogen functional groups attached to an aromatic ring is 1. The fraction of sp³-hybridized carbons (Fsp3) is 0.200. The molecule has 140 valence electrons. The summed E-state index contributed by atoms with van der Waals surface area (Å²) in [6, 6.07) is 19.1. The summed E-state index contributed by atoms with van der Waals surface area (Å²) in [5.41, 5.74) is 14.2. The van der Waals surface area contributed by atoms with Crippen molar-refractivity contribution in [3.63, 3.8) is 0 Å². The number of fused-ring (bicyclic) bond motifs is 2. The maximum Gasteiger partial charge on any atom is 0.128 e. The number of hydrogen-bond acceptors (Lipinski definition) is 3. The third kappa shape index (κ3) is 2.58. The van der Waals surface area contributed by atoms with Gasteiger partial charge in [-0.3, -0.25) is 0 Å². The third-order valence-corrected chi connectivity index (χ3v) is 5.80. The molecule has 3 nitrogen and oxygen atoms in total. The number of rotatable bonds is 3. The molecule has 3 aromatic carbocycles. The van der Waals surface area contributed by atoms with Crippen LogP contribution >= 0.6 is 0 Å². The second kappa shape index (κ2) is 6.45. The van der Waals surface area contributed by atoms with E-state index in [-0.39, 0.29) is 0 Å². The van der Waals surface area contributed by atoms with Gasteiger partial charge in [0.05, 0.1) is 0 Å². The molecule has 0 bridgehead atoms. The van der Waals surface area contributed by atoms with Crippen LogP contribution in [0.3, 0.4) is 0 Å². The number of ether oxygens (including phenoxy) is 2. The van der Waals surface area contributed by atoms with Crippen molar-refractivity contribution in [3.05, 3.63) is 87.3 Å². The van der Waals surface area contributed by atoms with Gasteiger partial charge in [-0.1, -0.05) is 37.3 Å². The molecular weight excluding hydrogens is 346 g/mol. The van der Waals surface area contributed by atoms with Crippen molar-refractivity contribution in [2.45, 2.75) is 20.3 Å². The van der Waals surface area contributed by atoms with Gasteiger partial charge in [0, 0.05) is 27.3 Å². The summed E-state index contributed by atoms with van der Waals surface area (Å²) in [4.78, 5) is 0. The van der Waals surface area contributed by atoms with Crippen LogP contribution in [0.5, 0.6) is 11.5 Å². The average Bonchev–Trinajstić information content (AvgIpc) is 3.32. The standard InChI is InChI=1S/C25H23NO2/c1-3-16-10-18(9-15(2)25(16)26)22-14-28-24-11-19-21(17-7-5-4-6-8-17)13-27-23(19)12-20(22)24/h4-12H,3,13-14,26H2,1-2H3. The summed E-state index contributed by atoms with van der Waals surface area (Å²) < 4.78 is 12.1. The minimum atomic E-state index is 0.575. The zero-order valence-electron chi connectivity index (χ0n) is 16.2. The van der Waals surface area contributed by atoms with Crippen molar-refractivity contribution < 1.29 is 9.47 Å². The van der Waals surface area contributed by atoms with Crippen molar-refractivity contribution >= 4 is 16.8 Å². The predicted molar refractivity (Wildman–Crippen MR) is 113 cm³/mol. The molecule has 0 amide bonds. The number of aryl methyl sites for hydroxylation is 2. The first-order chi connectivity index (χ1) is 13.7. The monoisotopic (exact) mass is 369 g/mol. The van der Waals surface area contributed by atoms with E-state index in [1.54, 1.807) is 0 Å². The molecule has 2 N–H and O–H groups in total. The number of nitrogens with two attached hydrogens (primary N) is 1. The molecule has 28 heavy (non-hydrogen) atoms. The Morgan fingerprint density at radius 1 is 0.821 bits per heavy atom. The summed E-state index contributed by atoms with van der Waals surface area (Å²) in [6.07, 6.45) is 0.921. The highest BCUT2D eigenvalue weighted by atomic mass is 16.5. The van der Waals surface area contributed by atoms with Gasteiger partial charge in [-0.25, -0.2) is 0 Å². The molecule has 2 heterocycles. The molecule has 0 radical (unpaired) electrons. The first-order valence-electron chi connectivity index (χ1n) is 9.76. The highest BCUT2D eigenvalue weighted by molar-refractivity contribution is 5.76. The Morgan fingerprint density at radius 3 is 2.04 bits per heavy atom. The Morgan fingerprint density at radius 2 is 1.43 bits per heavy atom. The normalized spacial score (nSPS) is 14.5. The molecule has 0 unspecified atom stereocenters. The topological polar surface area (TPSA) is 44.5 Å². The lowest BCUT2D eigenvalue weighted by molar-refractivity contribution is 0.374. The lowest BCUT2D eigenvalue weighted by atomic mass is 9.96. The predicted octanol–water partition coefficient (Wildman–Crippen LogP) is 3.32. The van der Waals surface area contributed by atoms with E-state index in [0.29, 0.717) is 13.2 Å². The molecule has 5 rings (SSSR count). The third-order valence-electron chi connectivity index (χ3n) is 5.80. The Hall–Kier alpha value is -3.20. The van der Waals surface area contributed by atoms with Gasteiger partial charge >= 0.3 is 0 Å². The maximum atomic E-state index is 6.24. The van der Waals surface area contributed by atoms with E-state index in [4.69, 9.17) is 15.2 Å². The zero-order chi connectivity index (χ0) is 19.3. The van der Waals surface area contributed by atoms with Crippen LogP contribution < -0.4 is 25.6 Å². The quantitative estimate of drug-likeness (QED) is 0.721. The van der Waals surface area contributed by atoms with Crippen molar-refractivity contribution in [2.24, 2.45) is 0 Å². The fourth-order valence-electron chi connectivity index (χ4n) is 4.18. The molecule has 0 aliphatic carbocycles. The van der Waals surface area contributed by atoms with E-state index in [1.807, 2.05) is 6.07 Å². The summed E-state index contributed by atoms with van der Waals surface area (Å²) in [7, 11) is 0. The molecule has 0 saturated carbocycles. The Bertz CT molecular complexity index is 1210. The average molecular weight is 369 g/mol. The van der Waals surface area contributed by atoms with E-state index in [1.165, 1.54) is 27.8 Å². The Balaban J connectivity index is 1.71. The second-order valence-corrected chi connectivity index (χ2v) is 7.46. The van der Waals surface area contributed by atoms with Gasteiger partial charge in [0.25, 0.3) is 0 Å². The number of anilines is 1. The fourth-order valence-corrected chi connectivity index (χ4v) is 4.18. The van der Waals surface area contributed by atoms with Crippen molar-refractivity contribution in [2.75, 3.05) is 18.9 Å². The first kappa shape index (κ1) is 16.9. The van der Waals surface area contributed by atoms with E-state index in [9.17, 15) is 0 Å². The van der Waals surface area contributed by atoms with Crippen LogP contribution in [0, 0.1) is 6.92 Å². The zero-order valence-corrected chi connectivity index (χ0v) is 16.2. The maximum absolute atomic E-state index is 6.24. The Labute approximate surface area is 164 Å². The van der Waals surface area contributed by atoms with E-state index < -0.39 is 0 Å². The van der Waals surface area contributed by atoms with E-state index in [0.717, 1.165) is 39.6 Å². The summed E-state index contributed by atoms with van der Waals surface area (Å²) in [5, 5.41) is 2.26. The summed E-state index contributed by atoms with van der Waals surface area (Å²) in [6.45, 7) is 5.38. The molecule has 2 aliphatic rings. The molecule has 3 aromatic rings. The molecule has 2 aliphatic heterocycles. The van der Waals surface area contributed by atoms with Gasteiger partial charge in [-0.05, 0) is 59.9 Å². The number of benzene rings is 3. The lowest BCUT2D eigenvalue weighted by Crippen LogP contribution is -2.11. The smallest absolute Gasteiger partial charge is 0.128 e. The lowest BCUT2D eigenvalue weighted by Gasteiger charge is -2.11. The van der Waals surface area contributed by atoms with Crippen LogP contribution in [0.2, 0.25) is 0 Å². The van der Waals surface area contributed by atoms with Crippen molar-refractivity contribution in [3.8, 4) is 11.5 Å².